The van der Waals surface area contributed by atoms with Gasteiger partial charge in [-0.25, -0.2) is 4.98 Å². The number of nitrogens with zero attached hydrogens (tertiary/aromatic N) is 1. The lowest BCUT2D eigenvalue weighted by Gasteiger charge is -2.13. The molecule has 0 radical (unpaired) electrons. The van der Waals surface area contributed by atoms with Crippen molar-refractivity contribution in [3.63, 3.8) is 0 Å². The summed E-state index contributed by atoms with van der Waals surface area (Å²) in [6.45, 7) is 3.63. The number of aryl methyl sites for hydroxylation is 2. The fraction of sp³-hybridized carbons (Fsp3) is 0.267. The normalized spacial score (nSPS) is 11.5. The molecule has 1 aromatic heterocycles. The van der Waals surface area contributed by atoms with Crippen LogP contribution in [-0.2, 0) is 12.1 Å². The van der Waals surface area contributed by atoms with Crippen molar-refractivity contribution in [1.82, 2.24) is 4.98 Å². The highest BCUT2D eigenvalue weighted by molar-refractivity contribution is 6.17. The third-order valence-corrected chi connectivity index (χ3v) is 3.21. The predicted molar refractivity (Wildman–Crippen MR) is 74.8 cm³/mol. The Morgan fingerprint density at radius 2 is 1.90 bits per heavy atom. The number of pyridine rings is 1. The molecule has 0 N–H and O–H groups in total. The summed E-state index contributed by atoms with van der Waals surface area (Å²) in [5.74, 6) is 0.489. The zero-order chi connectivity index (χ0) is 15.6. The van der Waals surface area contributed by atoms with Crippen molar-refractivity contribution in [1.29, 1.82) is 0 Å². The van der Waals surface area contributed by atoms with Crippen molar-refractivity contribution in [3.05, 3.63) is 52.7 Å². The highest BCUT2D eigenvalue weighted by Gasteiger charge is 2.30. The summed E-state index contributed by atoms with van der Waals surface area (Å²) < 4.78 is 43.6. The molecule has 0 aliphatic rings. The minimum atomic E-state index is -4.41. The molecule has 112 valence electrons. The maximum absolute atomic E-state index is 12.7. The molecule has 0 saturated heterocycles. The Balaban J connectivity index is 2.39. The van der Waals surface area contributed by atoms with E-state index in [1.54, 1.807) is 6.92 Å². The van der Waals surface area contributed by atoms with Gasteiger partial charge >= 0.3 is 6.18 Å². The lowest BCUT2D eigenvalue weighted by molar-refractivity contribution is -0.137. The Bertz CT molecular complexity index is 656. The van der Waals surface area contributed by atoms with Crippen molar-refractivity contribution < 1.29 is 17.9 Å². The molecule has 1 aromatic carbocycles. The third kappa shape index (κ3) is 3.67. The van der Waals surface area contributed by atoms with Crippen molar-refractivity contribution in [2.75, 3.05) is 0 Å². The molecule has 2 nitrogen and oxygen atoms in total. The molecule has 0 amide bonds. The van der Waals surface area contributed by atoms with Crippen LogP contribution in [0.5, 0.6) is 11.6 Å². The maximum atomic E-state index is 12.7. The summed E-state index contributed by atoms with van der Waals surface area (Å²) in [7, 11) is 0. The summed E-state index contributed by atoms with van der Waals surface area (Å²) in [5, 5.41) is 0. The van der Waals surface area contributed by atoms with Crippen LogP contribution in [0.2, 0.25) is 0 Å². The molecule has 0 aliphatic carbocycles. The van der Waals surface area contributed by atoms with Crippen molar-refractivity contribution >= 4 is 11.6 Å². The molecule has 2 rings (SSSR count). The highest BCUT2D eigenvalue weighted by atomic mass is 35.5. The Labute approximate surface area is 125 Å². The van der Waals surface area contributed by atoms with Gasteiger partial charge in [-0.3, -0.25) is 0 Å². The lowest BCUT2D eigenvalue weighted by Crippen LogP contribution is -2.05. The molecule has 0 unspecified atom stereocenters. The number of hydrogen-bond acceptors (Lipinski definition) is 2. The molecule has 0 aliphatic heterocycles. The maximum Gasteiger partial charge on any atom is 0.416 e. The average molecular weight is 316 g/mol. The molecular formula is C15H13ClF3NO. The summed E-state index contributed by atoms with van der Waals surface area (Å²) in [6.07, 6.45) is -4.41. The molecule has 0 fully saturated rings. The van der Waals surface area contributed by atoms with Crippen LogP contribution in [0.15, 0.2) is 30.3 Å². The number of halogens is 4. The SMILES string of the molecule is Cc1cc(C)c(CCl)c(Oc2cccc(C(F)(F)F)c2)n1. The fourth-order valence-corrected chi connectivity index (χ4v) is 2.25. The van der Waals surface area contributed by atoms with E-state index in [1.807, 2.05) is 13.0 Å². The van der Waals surface area contributed by atoms with Crippen LogP contribution in [0, 0.1) is 13.8 Å². The molecule has 0 atom stereocenters. The van der Waals surface area contributed by atoms with Crippen LogP contribution in [0.4, 0.5) is 13.2 Å². The van der Waals surface area contributed by atoms with Gasteiger partial charge in [-0.05, 0) is 43.7 Å². The number of aromatic nitrogens is 1. The number of alkyl halides is 4. The van der Waals surface area contributed by atoms with Crippen LogP contribution < -0.4 is 4.74 Å². The van der Waals surface area contributed by atoms with E-state index in [9.17, 15) is 13.2 Å². The van der Waals surface area contributed by atoms with Crippen LogP contribution in [-0.4, -0.2) is 4.98 Å². The average Bonchev–Trinajstić information content (AvgIpc) is 2.37. The molecule has 6 heteroatoms. The number of benzene rings is 1. The second-order valence-electron chi connectivity index (χ2n) is 4.63. The van der Waals surface area contributed by atoms with Gasteiger partial charge in [0.1, 0.15) is 5.75 Å². The van der Waals surface area contributed by atoms with Crippen molar-refractivity contribution in [2.24, 2.45) is 0 Å². The lowest BCUT2D eigenvalue weighted by atomic mass is 10.1. The first-order valence-corrected chi connectivity index (χ1v) is 6.73. The van der Waals surface area contributed by atoms with Crippen LogP contribution in [0.1, 0.15) is 22.4 Å². The Hall–Kier alpha value is -1.75. The van der Waals surface area contributed by atoms with Gasteiger partial charge < -0.3 is 4.74 Å². The highest BCUT2D eigenvalue weighted by Crippen LogP contribution is 2.33. The number of hydrogen-bond donors (Lipinski definition) is 0. The van der Waals surface area contributed by atoms with E-state index in [-0.39, 0.29) is 17.5 Å². The first-order valence-electron chi connectivity index (χ1n) is 6.19. The van der Waals surface area contributed by atoms with Crippen LogP contribution in [0.3, 0.4) is 0 Å². The first-order chi connectivity index (χ1) is 9.81. The Kier molecular flexibility index (Phi) is 4.42. The van der Waals surface area contributed by atoms with Crippen LogP contribution in [0.25, 0.3) is 0 Å². The largest absolute Gasteiger partial charge is 0.439 e. The molecule has 1 heterocycles. The molecular weight excluding hydrogens is 303 g/mol. The predicted octanol–water partition coefficient (Wildman–Crippen LogP) is 5.25. The van der Waals surface area contributed by atoms with Crippen LogP contribution >= 0.6 is 11.6 Å². The van der Waals surface area contributed by atoms with Gasteiger partial charge in [-0.1, -0.05) is 6.07 Å². The van der Waals surface area contributed by atoms with Crippen molar-refractivity contribution in [3.8, 4) is 11.6 Å². The number of ether oxygens (including phenoxy) is 1. The van der Waals surface area contributed by atoms with Crippen molar-refractivity contribution in [2.45, 2.75) is 25.9 Å². The van der Waals surface area contributed by atoms with Gasteiger partial charge in [0.15, 0.2) is 0 Å². The van der Waals surface area contributed by atoms with E-state index in [4.69, 9.17) is 16.3 Å². The summed E-state index contributed by atoms with van der Waals surface area (Å²) in [4.78, 5) is 4.20. The quantitative estimate of drug-likeness (QED) is 0.722. The van der Waals surface area contributed by atoms with E-state index in [0.717, 1.165) is 17.7 Å². The monoisotopic (exact) mass is 315 g/mol. The molecule has 2 aromatic rings. The topological polar surface area (TPSA) is 22.1 Å². The zero-order valence-electron chi connectivity index (χ0n) is 11.5. The fourth-order valence-electron chi connectivity index (χ4n) is 1.92. The standard InChI is InChI=1S/C15H13ClF3NO/c1-9-6-10(2)20-14(13(9)8-16)21-12-5-3-4-11(7-12)15(17,18)19/h3-7H,8H2,1-2H3. The van der Waals surface area contributed by atoms with E-state index >= 15 is 0 Å². The third-order valence-electron chi connectivity index (χ3n) is 2.95. The minimum Gasteiger partial charge on any atom is -0.439 e. The van der Waals surface area contributed by atoms with E-state index in [0.29, 0.717) is 11.3 Å². The molecule has 21 heavy (non-hydrogen) atoms. The summed E-state index contributed by atoms with van der Waals surface area (Å²) >= 11 is 5.86. The van der Waals surface area contributed by atoms with Gasteiger partial charge in [0.25, 0.3) is 0 Å². The zero-order valence-corrected chi connectivity index (χ0v) is 12.2. The second-order valence-corrected chi connectivity index (χ2v) is 4.89. The Morgan fingerprint density at radius 1 is 1.19 bits per heavy atom. The van der Waals surface area contributed by atoms with Gasteiger partial charge in [-0.2, -0.15) is 13.2 Å². The smallest absolute Gasteiger partial charge is 0.416 e. The second kappa shape index (κ2) is 5.93. The summed E-state index contributed by atoms with van der Waals surface area (Å²) in [5.41, 5.74) is 1.50. The minimum absolute atomic E-state index is 0.0775. The van der Waals surface area contributed by atoms with Gasteiger partial charge in [0.2, 0.25) is 5.88 Å². The summed E-state index contributed by atoms with van der Waals surface area (Å²) in [6, 6.07) is 6.52. The van der Waals surface area contributed by atoms with E-state index in [1.165, 1.54) is 12.1 Å². The van der Waals surface area contributed by atoms with Gasteiger partial charge in [0.05, 0.1) is 11.4 Å². The Morgan fingerprint density at radius 3 is 2.52 bits per heavy atom. The molecule has 0 saturated carbocycles. The van der Waals surface area contributed by atoms with E-state index < -0.39 is 11.7 Å². The molecule has 0 bridgehead atoms. The van der Waals surface area contributed by atoms with Gasteiger partial charge in [-0.15, -0.1) is 11.6 Å². The molecule has 0 spiro atoms. The van der Waals surface area contributed by atoms with Gasteiger partial charge in [0, 0.05) is 11.3 Å². The first kappa shape index (κ1) is 15.6. The number of rotatable bonds is 3. The van der Waals surface area contributed by atoms with E-state index in [2.05, 4.69) is 4.98 Å².